The Morgan fingerprint density at radius 2 is 2.25 bits per heavy atom. The SMILES string of the molecule is CC1=CCC=C2C=C12. The molecule has 0 saturated heterocycles. The summed E-state index contributed by atoms with van der Waals surface area (Å²) in [5, 5.41) is 0. The molecule has 40 valence electrons. The zero-order valence-electron chi connectivity index (χ0n) is 4.94. The fourth-order valence-electron chi connectivity index (χ4n) is 1.10. The van der Waals surface area contributed by atoms with Gasteiger partial charge in [0.25, 0.3) is 0 Å². The second-order valence-electron chi connectivity index (χ2n) is 2.34. The summed E-state index contributed by atoms with van der Waals surface area (Å²) in [7, 11) is 0. The van der Waals surface area contributed by atoms with Gasteiger partial charge in [-0.3, -0.25) is 0 Å². The van der Waals surface area contributed by atoms with Gasteiger partial charge in [0.1, 0.15) is 0 Å². The van der Waals surface area contributed by atoms with Crippen LogP contribution < -0.4 is 0 Å². The summed E-state index contributed by atoms with van der Waals surface area (Å²) in [6.45, 7) is 2.17. The number of hydrogen-bond acceptors (Lipinski definition) is 0. The Morgan fingerprint density at radius 1 is 1.38 bits per heavy atom. The fourth-order valence-corrected chi connectivity index (χ4v) is 1.10. The first-order chi connectivity index (χ1) is 3.88. The van der Waals surface area contributed by atoms with E-state index in [-0.39, 0.29) is 0 Å². The Balaban J connectivity index is 2.39. The molecule has 0 fully saturated rings. The lowest BCUT2D eigenvalue weighted by molar-refractivity contribution is 1.28. The maximum Gasteiger partial charge on any atom is -0.0154 e. The predicted molar refractivity (Wildman–Crippen MR) is 34.5 cm³/mol. The normalized spacial score (nSPS) is 22.9. The lowest BCUT2D eigenvalue weighted by atomic mass is 10.1. The van der Waals surface area contributed by atoms with Crippen molar-refractivity contribution >= 4 is 0 Å². The number of fused-ring (bicyclic) bond motifs is 1. The smallest absolute Gasteiger partial charge is 0.0154 e. The molecule has 0 aromatic heterocycles. The average molecular weight is 104 g/mol. The Morgan fingerprint density at radius 3 is 2.88 bits per heavy atom. The van der Waals surface area contributed by atoms with Crippen molar-refractivity contribution in [2.45, 2.75) is 13.3 Å². The largest absolute Gasteiger partial charge is 0.0772 e. The van der Waals surface area contributed by atoms with Gasteiger partial charge in [-0.25, -0.2) is 0 Å². The fraction of sp³-hybridized carbons (Fsp3) is 0.250. The standard InChI is InChI=1S/C8H8/c1-6-3-2-4-7-5-8(6)7/h3-5H,2H2,1H3. The summed E-state index contributed by atoms with van der Waals surface area (Å²) in [6, 6.07) is 0. The third-order valence-electron chi connectivity index (χ3n) is 1.71. The summed E-state index contributed by atoms with van der Waals surface area (Å²) in [5.74, 6) is 0. The summed E-state index contributed by atoms with van der Waals surface area (Å²) in [6.07, 6.45) is 7.91. The molecule has 0 heteroatoms. The third kappa shape index (κ3) is 0.401. The van der Waals surface area contributed by atoms with Crippen molar-refractivity contribution in [2.75, 3.05) is 0 Å². The van der Waals surface area contributed by atoms with Gasteiger partial charge in [-0.2, -0.15) is 0 Å². The minimum Gasteiger partial charge on any atom is -0.0772 e. The van der Waals surface area contributed by atoms with Crippen molar-refractivity contribution in [1.29, 1.82) is 0 Å². The zero-order valence-corrected chi connectivity index (χ0v) is 4.94. The molecule has 0 radical (unpaired) electrons. The highest BCUT2D eigenvalue weighted by Gasteiger charge is 2.18. The van der Waals surface area contributed by atoms with E-state index in [9.17, 15) is 0 Å². The molecule has 0 spiro atoms. The topological polar surface area (TPSA) is 0 Å². The van der Waals surface area contributed by atoms with Gasteiger partial charge in [0.15, 0.2) is 0 Å². The van der Waals surface area contributed by atoms with Crippen LogP contribution in [0, 0.1) is 0 Å². The van der Waals surface area contributed by atoms with Crippen molar-refractivity contribution in [2.24, 2.45) is 0 Å². The molecule has 0 bridgehead atoms. The van der Waals surface area contributed by atoms with Gasteiger partial charge in [-0.15, -0.1) is 0 Å². The van der Waals surface area contributed by atoms with Crippen molar-refractivity contribution in [3.05, 3.63) is 34.9 Å². The minimum atomic E-state index is 1.14. The molecule has 0 amide bonds. The Kier molecular flexibility index (Phi) is 0.587. The lowest BCUT2D eigenvalue weighted by Gasteiger charge is -1.96. The molecule has 2 rings (SSSR count). The minimum absolute atomic E-state index is 1.14. The van der Waals surface area contributed by atoms with Gasteiger partial charge in [-0.05, 0) is 36.1 Å². The molecule has 0 aliphatic heterocycles. The quantitative estimate of drug-likeness (QED) is 0.442. The highest BCUT2D eigenvalue weighted by molar-refractivity contribution is 5.68. The van der Waals surface area contributed by atoms with E-state index in [0.29, 0.717) is 0 Å². The highest BCUT2D eigenvalue weighted by atomic mass is 14.2. The van der Waals surface area contributed by atoms with E-state index in [1.807, 2.05) is 0 Å². The Hall–Kier alpha value is -0.780. The van der Waals surface area contributed by atoms with Crippen LogP contribution in [-0.4, -0.2) is 0 Å². The van der Waals surface area contributed by atoms with Gasteiger partial charge in [0.2, 0.25) is 0 Å². The van der Waals surface area contributed by atoms with Crippen LogP contribution in [0.5, 0.6) is 0 Å². The molecule has 0 aromatic carbocycles. The van der Waals surface area contributed by atoms with Crippen molar-refractivity contribution in [1.82, 2.24) is 0 Å². The van der Waals surface area contributed by atoms with Gasteiger partial charge in [0, 0.05) is 0 Å². The molecule has 8 heavy (non-hydrogen) atoms. The molecule has 0 aromatic rings. The van der Waals surface area contributed by atoms with Crippen LogP contribution in [0.4, 0.5) is 0 Å². The molecule has 2 aliphatic carbocycles. The molecule has 0 nitrogen and oxygen atoms in total. The van der Waals surface area contributed by atoms with E-state index in [1.165, 1.54) is 16.7 Å². The lowest BCUT2D eigenvalue weighted by Crippen LogP contribution is -1.77. The first kappa shape index (κ1) is 4.13. The molecule has 0 unspecified atom stereocenters. The maximum atomic E-state index is 2.27. The van der Waals surface area contributed by atoms with Crippen molar-refractivity contribution < 1.29 is 0 Å². The summed E-state index contributed by atoms with van der Waals surface area (Å²) in [4.78, 5) is 0. The van der Waals surface area contributed by atoms with E-state index in [0.717, 1.165) is 6.42 Å². The van der Waals surface area contributed by atoms with Crippen LogP contribution in [0.3, 0.4) is 0 Å². The molecule has 2 aliphatic rings. The average Bonchev–Trinajstić information content (AvgIpc) is 2.45. The number of allylic oxidation sites excluding steroid dienone is 6. The molecule has 0 atom stereocenters. The molecular weight excluding hydrogens is 96.1 g/mol. The monoisotopic (exact) mass is 104 g/mol. The van der Waals surface area contributed by atoms with E-state index in [2.05, 4.69) is 25.2 Å². The molecular formula is C8H8. The first-order valence-corrected chi connectivity index (χ1v) is 2.97. The van der Waals surface area contributed by atoms with Gasteiger partial charge in [0.05, 0.1) is 0 Å². The highest BCUT2D eigenvalue weighted by Crippen LogP contribution is 2.37. The van der Waals surface area contributed by atoms with Gasteiger partial charge < -0.3 is 0 Å². The number of rotatable bonds is 0. The van der Waals surface area contributed by atoms with Crippen LogP contribution in [0.15, 0.2) is 34.9 Å². The van der Waals surface area contributed by atoms with Gasteiger partial charge >= 0.3 is 0 Å². The second kappa shape index (κ2) is 1.13. The maximum absolute atomic E-state index is 2.27. The Bertz CT molecular complexity index is 214. The van der Waals surface area contributed by atoms with Crippen molar-refractivity contribution in [3.63, 3.8) is 0 Å². The summed E-state index contributed by atoms with van der Waals surface area (Å²) >= 11 is 0. The second-order valence-corrected chi connectivity index (χ2v) is 2.34. The van der Waals surface area contributed by atoms with Crippen LogP contribution in [0.1, 0.15) is 13.3 Å². The summed E-state index contributed by atoms with van der Waals surface area (Å²) < 4.78 is 0. The Labute approximate surface area is 49.2 Å². The van der Waals surface area contributed by atoms with Crippen LogP contribution in [-0.2, 0) is 0 Å². The van der Waals surface area contributed by atoms with E-state index in [4.69, 9.17) is 0 Å². The summed E-state index contributed by atoms with van der Waals surface area (Å²) in [5.41, 5.74) is 4.42. The third-order valence-corrected chi connectivity index (χ3v) is 1.71. The predicted octanol–water partition coefficient (Wildman–Crippen LogP) is 2.20. The van der Waals surface area contributed by atoms with Crippen LogP contribution in [0.25, 0.3) is 0 Å². The van der Waals surface area contributed by atoms with Crippen molar-refractivity contribution in [3.8, 4) is 0 Å². The van der Waals surface area contributed by atoms with Crippen LogP contribution in [0.2, 0.25) is 0 Å². The first-order valence-electron chi connectivity index (χ1n) is 2.97. The number of hydrogen-bond donors (Lipinski definition) is 0. The molecule has 0 saturated carbocycles. The van der Waals surface area contributed by atoms with Gasteiger partial charge in [-0.1, -0.05) is 12.2 Å². The van der Waals surface area contributed by atoms with E-state index < -0.39 is 0 Å². The van der Waals surface area contributed by atoms with E-state index in [1.54, 1.807) is 0 Å². The molecule has 0 N–H and O–H groups in total. The zero-order chi connectivity index (χ0) is 5.56. The molecule has 0 heterocycles. The van der Waals surface area contributed by atoms with Crippen LogP contribution >= 0.6 is 0 Å². The van der Waals surface area contributed by atoms with E-state index >= 15 is 0 Å².